The maximum atomic E-state index is 10.6. The molecular weight excluding hydrogens is 186 g/mol. The molecule has 2 N–H and O–H groups in total. The van der Waals surface area contributed by atoms with Gasteiger partial charge in [-0.1, -0.05) is 0 Å². The zero-order chi connectivity index (χ0) is 10.1. The summed E-state index contributed by atoms with van der Waals surface area (Å²) in [7, 11) is 0. The zero-order valence-corrected chi connectivity index (χ0v) is 7.30. The molecule has 2 heterocycles. The van der Waals surface area contributed by atoms with Gasteiger partial charge in [0.1, 0.15) is 12.7 Å². The Hall–Kier alpha value is -2.18. The van der Waals surface area contributed by atoms with Crippen LogP contribution in [0.3, 0.4) is 0 Å². The van der Waals surface area contributed by atoms with Crippen molar-refractivity contribution in [2.45, 2.75) is 6.92 Å². The van der Waals surface area contributed by atoms with Crippen molar-refractivity contribution in [2.75, 3.05) is 0 Å². The third kappa shape index (κ3) is 1.24. The average molecular weight is 193 g/mol. The van der Waals surface area contributed by atoms with Crippen molar-refractivity contribution in [2.24, 2.45) is 0 Å². The summed E-state index contributed by atoms with van der Waals surface area (Å²) in [6.07, 6.45) is 2.91. The Balaban J connectivity index is 2.50. The topological polar surface area (TPSA) is 96.7 Å². The summed E-state index contributed by atoms with van der Waals surface area (Å²) >= 11 is 0. The van der Waals surface area contributed by atoms with Gasteiger partial charge in [-0.05, 0) is 6.92 Å². The van der Waals surface area contributed by atoms with E-state index in [2.05, 4.69) is 20.2 Å². The van der Waals surface area contributed by atoms with Crippen LogP contribution in [0.5, 0.6) is 0 Å². The lowest BCUT2D eigenvalue weighted by Crippen LogP contribution is -1.99. The van der Waals surface area contributed by atoms with E-state index in [-0.39, 0.29) is 5.82 Å². The molecule has 0 spiro atoms. The first-order chi connectivity index (χ1) is 6.68. The van der Waals surface area contributed by atoms with Crippen LogP contribution in [0.4, 0.5) is 0 Å². The Morgan fingerprint density at radius 3 is 2.64 bits per heavy atom. The molecule has 0 amide bonds. The van der Waals surface area contributed by atoms with Gasteiger partial charge in [0, 0.05) is 0 Å². The molecule has 0 aliphatic heterocycles. The molecule has 2 rings (SSSR count). The number of H-pyrrole nitrogens is 1. The molecule has 0 atom stereocenters. The van der Waals surface area contributed by atoms with E-state index >= 15 is 0 Å². The van der Waals surface area contributed by atoms with Crippen molar-refractivity contribution in [1.29, 1.82) is 0 Å². The smallest absolute Gasteiger partial charge is 0.371 e. The van der Waals surface area contributed by atoms with Crippen LogP contribution in [0.15, 0.2) is 12.7 Å². The van der Waals surface area contributed by atoms with Crippen LogP contribution in [0, 0.1) is 6.92 Å². The molecule has 72 valence electrons. The number of aryl methyl sites for hydroxylation is 1. The monoisotopic (exact) mass is 193 g/mol. The van der Waals surface area contributed by atoms with E-state index in [4.69, 9.17) is 5.11 Å². The maximum Gasteiger partial charge on any atom is 0.371 e. The summed E-state index contributed by atoms with van der Waals surface area (Å²) in [5, 5.41) is 15.9. The minimum atomic E-state index is -1.09. The van der Waals surface area contributed by atoms with Crippen LogP contribution in [-0.4, -0.2) is 35.8 Å². The van der Waals surface area contributed by atoms with Crippen LogP contribution < -0.4 is 0 Å². The first-order valence-corrected chi connectivity index (χ1v) is 3.83. The van der Waals surface area contributed by atoms with Crippen molar-refractivity contribution >= 4 is 5.97 Å². The van der Waals surface area contributed by atoms with E-state index in [1.54, 1.807) is 6.92 Å². The van der Waals surface area contributed by atoms with E-state index in [0.29, 0.717) is 11.5 Å². The molecule has 0 saturated heterocycles. The molecule has 14 heavy (non-hydrogen) atoms. The van der Waals surface area contributed by atoms with E-state index in [1.165, 1.54) is 17.2 Å². The molecule has 2 aromatic rings. The minimum Gasteiger partial charge on any atom is -0.475 e. The second-order valence-corrected chi connectivity index (χ2v) is 2.71. The van der Waals surface area contributed by atoms with E-state index in [1.807, 2.05) is 0 Å². The minimum absolute atomic E-state index is 0.0915. The van der Waals surface area contributed by atoms with Crippen molar-refractivity contribution in [3.63, 3.8) is 0 Å². The molecule has 7 nitrogen and oxygen atoms in total. The first kappa shape index (κ1) is 8.42. The average Bonchev–Trinajstić information content (AvgIpc) is 2.71. The van der Waals surface area contributed by atoms with Crippen LogP contribution in [0.2, 0.25) is 0 Å². The van der Waals surface area contributed by atoms with E-state index in [9.17, 15) is 4.79 Å². The molecule has 0 aliphatic carbocycles. The number of carboxylic acid groups (broad SMARTS) is 1. The van der Waals surface area contributed by atoms with Gasteiger partial charge in [0.25, 0.3) is 0 Å². The number of carboxylic acids is 1. The summed E-state index contributed by atoms with van der Waals surface area (Å²) in [5.41, 5.74) is 0.655. The van der Waals surface area contributed by atoms with E-state index in [0.717, 1.165) is 0 Å². The molecule has 0 aromatic carbocycles. The quantitative estimate of drug-likeness (QED) is 0.699. The number of carbonyl (C=O) groups is 1. The number of nitrogens with zero attached hydrogens (tertiary/aromatic N) is 4. The number of rotatable bonds is 2. The highest BCUT2D eigenvalue weighted by Crippen LogP contribution is 2.09. The SMILES string of the molecule is Cc1[nH]c(C(=O)O)nc1-n1cnnc1. The van der Waals surface area contributed by atoms with Crippen molar-refractivity contribution in [1.82, 2.24) is 24.7 Å². The molecule has 7 heteroatoms. The van der Waals surface area contributed by atoms with Crippen LogP contribution in [0.1, 0.15) is 16.3 Å². The lowest BCUT2D eigenvalue weighted by atomic mass is 10.5. The van der Waals surface area contributed by atoms with Gasteiger partial charge in [0.05, 0.1) is 5.69 Å². The molecule has 0 saturated carbocycles. The van der Waals surface area contributed by atoms with Crippen molar-refractivity contribution < 1.29 is 9.90 Å². The largest absolute Gasteiger partial charge is 0.475 e. The predicted octanol–water partition coefficient (Wildman–Crippen LogP) is -0.00298. The highest BCUT2D eigenvalue weighted by molar-refractivity contribution is 5.83. The number of aromatic nitrogens is 5. The standard InChI is InChI=1S/C7H7N5O2/c1-4-6(12-2-8-9-3-12)11-5(10-4)7(13)14/h2-3H,1H3,(H,10,11)(H,13,14). The van der Waals surface area contributed by atoms with Gasteiger partial charge >= 0.3 is 5.97 Å². The Bertz CT molecular complexity index is 458. The summed E-state index contributed by atoms with van der Waals surface area (Å²) in [4.78, 5) is 17.1. The zero-order valence-electron chi connectivity index (χ0n) is 7.30. The fourth-order valence-electron chi connectivity index (χ4n) is 1.11. The van der Waals surface area contributed by atoms with Crippen molar-refractivity contribution in [3.8, 4) is 5.82 Å². The van der Waals surface area contributed by atoms with Crippen LogP contribution in [-0.2, 0) is 0 Å². The Kier molecular flexibility index (Phi) is 1.77. The fraction of sp³-hybridized carbons (Fsp3) is 0.143. The normalized spacial score (nSPS) is 10.4. The molecule has 0 fully saturated rings. The van der Waals surface area contributed by atoms with Gasteiger partial charge < -0.3 is 10.1 Å². The summed E-state index contributed by atoms with van der Waals surface area (Å²) in [6, 6.07) is 0. The number of aromatic carboxylic acids is 1. The molecule has 0 radical (unpaired) electrons. The Labute approximate surface area is 78.4 Å². The van der Waals surface area contributed by atoms with Crippen LogP contribution in [0.25, 0.3) is 5.82 Å². The van der Waals surface area contributed by atoms with Gasteiger partial charge in [-0.2, -0.15) is 0 Å². The summed E-state index contributed by atoms with van der Waals surface area (Å²) in [5.74, 6) is -0.689. The number of nitrogens with one attached hydrogen (secondary N) is 1. The van der Waals surface area contributed by atoms with Crippen LogP contribution >= 0.6 is 0 Å². The van der Waals surface area contributed by atoms with Gasteiger partial charge in [0.15, 0.2) is 5.82 Å². The fourth-order valence-corrected chi connectivity index (χ4v) is 1.11. The second-order valence-electron chi connectivity index (χ2n) is 2.71. The summed E-state index contributed by atoms with van der Waals surface area (Å²) < 4.78 is 1.54. The number of hydrogen-bond acceptors (Lipinski definition) is 4. The number of imidazole rings is 1. The van der Waals surface area contributed by atoms with Crippen molar-refractivity contribution in [3.05, 3.63) is 24.2 Å². The predicted molar refractivity (Wildman–Crippen MR) is 45.2 cm³/mol. The highest BCUT2D eigenvalue weighted by Gasteiger charge is 2.12. The molecular formula is C7H7N5O2. The maximum absolute atomic E-state index is 10.6. The van der Waals surface area contributed by atoms with Gasteiger partial charge in [0.2, 0.25) is 5.82 Å². The van der Waals surface area contributed by atoms with Gasteiger partial charge in [-0.25, -0.2) is 9.78 Å². The van der Waals surface area contributed by atoms with Gasteiger partial charge in [-0.3, -0.25) is 4.57 Å². The molecule has 0 bridgehead atoms. The molecule has 0 unspecified atom stereocenters. The number of aromatic amines is 1. The van der Waals surface area contributed by atoms with E-state index < -0.39 is 5.97 Å². The number of hydrogen-bond donors (Lipinski definition) is 2. The van der Waals surface area contributed by atoms with Gasteiger partial charge in [-0.15, -0.1) is 10.2 Å². The lowest BCUT2D eigenvalue weighted by Gasteiger charge is -1.94. The lowest BCUT2D eigenvalue weighted by molar-refractivity contribution is 0.0684. The highest BCUT2D eigenvalue weighted by atomic mass is 16.4. The molecule has 0 aliphatic rings. The Morgan fingerprint density at radius 1 is 1.50 bits per heavy atom. The Morgan fingerprint density at radius 2 is 2.14 bits per heavy atom. The molecule has 2 aromatic heterocycles. The third-order valence-corrected chi connectivity index (χ3v) is 1.72. The third-order valence-electron chi connectivity index (χ3n) is 1.72. The summed E-state index contributed by atoms with van der Waals surface area (Å²) in [6.45, 7) is 1.73. The second kappa shape index (κ2) is 2.95. The first-order valence-electron chi connectivity index (χ1n) is 3.83.